The summed E-state index contributed by atoms with van der Waals surface area (Å²) in [6.45, 7) is 7.34. The van der Waals surface area contributed by atoms with Crippen LogP contribution in [0.4, 0.5) is 0 Å². The Labute approximate surface area is 113 Å². The lowest BCUT2D eigenvalue weighted by Gasteiger charge is -2.11. The summed E-state index contributed by atoms with van der Waals surface area (Å²) in [6.07, 6.45) is 1.06. The summed E-state index contributed by atoms with van der Waals surface area (Å²) in [5.74, 6) is 0. The molecule has 1 aromatic heterocycles. The smallest absolute Gasteiger partial charge is 0.0898 e. The highest BCUT2D eigenvalue weighted by atomic mass is 32.1. The second kappa shape index (κ2) is 6.12. The lowest BCUT2D eigenvalue weighted by atomic mass is 10.1. The van der Waals surface area contributed by atoms with Gasteiger partial charge in [0.15, 0.2) is 0 Å². The van der Waals surface area contributed by atoms with Crippen LogP contribution in [0.1, 0.15) is 34.8 Å². The molecular weight excluding hydrogens is 240 g/mol. The summed E-state index contributed by atoms with van der Waals surface area (Å²) < 4.78 is 0. The van der Waals surface area contributed by atoms with E-state index in [1.807, 2.05) is 6.92 Å². The molecule has 0 aliphatic heterocycles. The number of aromatic nitrogens is 1. The van der Waals surface area contributed by atoms with Gasteiger partial charge in [-0.15, -0.1) is 11.3 Å². The zero-order valence-corrected chi connectivity index (χ0v) is 12.1. The Morgan fingerprint density at radius 3 is 2.83 bits per heavy atom. The molecule has 0 aliphatic carbocycles. The number of hydrogen-bond acceptors (Lipinski definition) is 3. The first-order valence-corrected chi connectivity index (χ1v) is 7.24. The molecule has 1 N–H and O–H groups in total. The molecule has 3 heteroatoms. The van der Waals surface area contributed by atoms with Gasteiger partial charge in [0.1, 0.15) is 0 Å². The van der Waals surface area contributed by atoms with Gasteiger partial charge < -0.3 is 5.32 Å². The Morgan fingerprint density at radius 2 is 2.17 bits per heavy atom. The topological polar surface area (TPSA) is 24.9 Å². The maximum absolute atomic E-state index is 4.51. The molecule has 0 aliphatic rings. The average Bonchev–Trinajstić information content (AvgIpc) is 2.76. The molecule has 0 radical (unpaired) electrons. The monoisotopic (exact) mass is 260 g/mol. The van der Waals surface area contributed by atoms with Gasteiger partial charge in [-0.1, -0.05) is 29.8 Å². The number of aryl methyl sites for hydroxylation is 2. The van der Waals surface area contributed by atoms with Crippen LogP contribution >= 0.6 is 11.3 Å². The van der Waals surface area contributed by atoms with Crippen molar-refractivity contribution in [2.24, 2.45) is 0 Å². The van der Waals surface area contributed by atoms with E-state index in [1.165, 1.54) is 11.1 Å². The molecule has 0 spiro atoms. The summed E-state index contributed by atoms with van der Waals surface area (Å²) in [6, 6.07) is 9.03. The van der Waals surface area contributed by atoms with E-state index in [0.29, 0.717) is 6.04 Å². The molecular formula is C15H20N2S. The highest BCUT2D eigenvalue weighted by Crippen LogP contribution is 2.15. The van der Waals surface area contributed by atoms with Crippen molar-refractivity contribution >= 4 is 11.3 Å². The Morgan fingerprint density at radius 1 is 1.33 bits per heavy atom. The normalized spacial score (nSPS) is 12.6. The first-order valence-electron chi connectivity index (χ1n) is 6.36. The van der Waals surface area contributed by atoms with Gasteiger partial charge in [0.25, 0.3) is 0 Å². The number of nitrogens with zero attached hydrogens (tertiary/aromatic N) is 1. The molecule has 1 aromatic carbocycles. The van der Waals surface area contributed by atoms with Gasteiger partial charge >= 0.3 is 0 Å². The predicted octanol–water partition coefficient (Wildman–Crippen LogP) is 3.65. The molecule has 1 unspecified atom stereocenters. The van der Waals surface area contributed by atoms with Gasteiger partial charge in [-0.2, -0.15) is 0 Å². The number of rotatable bonds is 5. The van der Waals surface area contributed by atoms with Crippen LogP contribution in [0.5, 0.6) is 0 Å². The number of thiazole rings is 1. The summed E-state index contributed by atoms with van der Waals surface area (Å²) in [5, 5.41) is 6.80. The molecule has 0 saturated heterocycles. The lowest BCUT2D eigenvalue weighted by Crippen LogP contribution is -2.21. The van der Waals surface area contributed by atoms with Gasteiger partial charge in [-0.25, -0.2) is 4.98 Å². The Balaban J connectivity index is 1.82. The van der Waals surface area contributed by atoms with Crippen molar-refractivity contribution in [2.45, 2.75) is 33.2 Å². The van der Waals surface area contributed by atoms with Gasteiger partial charge in [0.05, 0.1) is 10.7 Å². The largest absolute Gasteiger partial charge is 0.308 e. The van der Waals surface area contributed by atoms with E-state index >= 15 is 0 Å². The Hall–Kier alpha value is -1.19. The van der Waals surface area contributed by atoms with Crippen LogP contribution < -0.4 is 5.32 Å². The first kappa shape index (κ1) is 13.2. The SMILES string of the molecule is Cc1cccc(CCNC(C)c2csc(C)n2)c1. The third-order valence-electron chi connectivity index (χ3n) is 3.03. The van der Waals surface area contributed by atoms with Gasteiger partial charge in [-0.3, -0.25) is 0 Å². The van der Waals surface area contributed by atoms with Gasteiger partial charge in [-0.05, 0) is 39.3 Å². The molecule has 0 saturated carbocycles. The van der Waals surface area contributed by atoms with Crippen LogP contribution in [0.2, 0.25) is 0 Å². The predicted molar refractivity (Wildman–Crippen MR) is 78.2 cm³/mol. The summed E-state index contributed by atoms with van der Waals surface area (Å²) >= 11 is 1.71. The van der Waals surface area contributed by atoms with Crippen LogP contribution in [0.3, 0.4) is 0 Å². The molecule has 0 amide bonds. The Kier molecular flexibility index (Phi) is 4.50. The third kappa shape index (κ3) is 3.65. The molecule has 0 bridgehead atoms. The van der Waals surface area contributed by atoms with E-state index in [2.05, 4.69) is 53.8 Å². The number of hydrogen-bond donors (Lipinski definition) is 1. The van der Waals surface area contributed by atoms with Crippen molar-refractivity contribution in [3.63, 3.8) is 0 Å². The van der Waals surface area contributed by atoms with Crippen molar-refractivity contribution < 1.29 is 0 Å². The molecule has 1 heterocycles. The number of nitrogens with one attached hydrogen (secondary N) is 1. The van der Waals surface area contributed by atoms with E-state index in [0.717, 1.165) is 23.7 Å². The molecule has 2 aromatic rings. The van der Waals surface area contributed by atoms with Crippen molar-refractivity contribution in [3.8, 4) is 0 Å². The summed E-state index contributed by atoms with van der Waals surface area (Å²) in [5.41, 5.74) is 3.88. The molecule has 0 fully saturated rings. The van der Waals surface area contributed by atoms with Crippen LogP contribution in [0.15, 0.2) is 29.6 Å². The molecule has 18 heavy (non-hydrogen) atoms. The van der Waals surface area contributed by atoms with Crippen molar-refractivity contribution in [1.29, 1.82) is 0 Å². The lowest BCUT2D eigenvalue weighted by molar-refractivity contribution is 0.566. The molecule has 96 valence electrons. The highest BCUT2D eigenvalue weighted by Gasteiger charge is 2.07. The molecule has 2 nitrogen and oxygen atoms in total. The summed E-state index contributed by atoms with van der Waals surface area (Å²) in [4.78, 5) is 4.51. The van der Waals surface area contributed by atoms with Crippen molar-refractivity contribution in [1.82, 2.24) is 10.3 Å². The minimum absolute atomic E-state index is 0.333. The fraction of sp³-hybridized carbons (Fsp3) is 0.400. The molecule has 2 rings (SSSR count). The van der Waals surface area contributed by atoms with E-state index in [1.54, 1.807) is 11.3 Å². The third-order valence-corrected chi connectivity index (χ3v) is 3.82. The highest BCUT2D eigenvalue weighted by molar-refractivity contribution is 7.09. The zero-order chi connectivity index (χ0) is 13.0. The van der Waals surface area contributed by atoms with E-state index in [9.17, 15) is 0 Å². The van der Waals surface area contributed by atoms with Crippen molar-refractivity contribution in [2.75, 3.05) is 6.54 Å². The quantitative estimate of drug-likeness (QED) is 0.887. The zero-order valence-electron chi connectivity index (χ0n) is 11.2. The first-order chi connectivity index (χ1) is 8.65. The van der Waals surface area contributed by atoms with Crippen LogP contribution in [0, 0.1) is 13.8 Å². The van der Waals surface area contributed by atoms with Crippen LogP contribution in [-0.2, 0) is 6.42 Å². The maximum Gasteiger partial charge on any atom is 0.0898 e. The van der Waals surface area contributed by atoms with E-state index < -0.39 is 0 Å². The fourth-order valence-electron chi connectivity index (χ4n) is 1.98. The van der Waals surface area contributed by atoms with Crippen LogP contribution in [-0.4, -0.2) is 11.5 Å². The number of benzene rings is 1. The standard InChI is InChI=1S/C15H20N2S/c1-11-5-4-6-14(9-11)7-8-16-12(2)15-10-18-13(3)17-15/h4-6,9-10,12,16H,7-8H2,1-3H3. The Bertz CT molecular complexity index is 505. The van der Waals surface area contributed by atoms with Gasteiger partial charge in [0.2, 0.25) is 0 Å². The second-order valence-electron chi connectivity index (χ2n) is 4.71. The summed E-state index contributed by atoms with van der Waals surface area (Å²) in [7, 11) is 0. The van der Waals surface area contributed by atoms with Crippen molar-refractivity contribution in [3.05, 3.63) is 51.5 Å². The minimum atomic E-state index is 0.333. The average molecular weight is 260 g/mol. The fourth-order valence-corrected chi connectivity index (χ4v) is 2.69. The molecule has 1 atom stereocenters. The maximum atomic E-state index is 4.51. The van der Waals surface area contributed by atoms with Crippen LogP contribution in [0.25, 0.3) is 0 Å². The second-order valence-corrected chi connectivity index (χ2v) is 5.77. The van der Waals surface area contributed by atoms with E-state index in [4.69, 9.17) is 0 Å². The minimum Gasteiger partial charge on any atom is -0.308 e. The van der Waals surface area contributed by atoms with Gasteiger partial charge in [0, 0.05) is 11.4 Å². The van der Waals surface area contributed by atoms with E-state index in [-0.39, 0.29) is 0 Å².